The van der Waals surface area contributed by atoms with Crippen LogP contribution in [0.15, 0.2) is 39.9 Å². The second-order valence-corrected chi connectivity index (χ2v) is 6.29. The highest BCUT2D eigenvalue weighted by atomic mass is 32.2. The molecule has 7 heteroatoms. The number of hydrogen-bond donors (Lipinski definition) is 1. The van der Waals surface area contributed by atoms with E-state index in [9.17, 15) is 0 Å². The molecule has 0 spiro atoms. The van der Waals surface area contributed by atoms with Crippen LogP contribution in [0.5, 0.6) is 0 Å². The third-order valence-electron chi connectivity index (χ3n) is 3.45. The molecular weight excluding hydrogens is 310 g/mol. The van der Waals surface area contributed by atoms with E-state index < -0.39 is 0 Å². The van der Waals surface area contributed by atoms with E-state index in [1.807, 2.05) is 42.5 Å². The van der Waals surface area contributed by atoms with Gasteiger partial charge in [0.15, 0.2) is 0 Å². The van der Waals surface area contributed by atoms with Gasteiger partial charge in [0.1, 0.15) is 5.82 Å². The molecule has 0 unspecified atom stereocenters. The molecule has 0 amide bonds. The summed E-state index contributed by atoms with van der Waals surface area (Å²) in [6.45, 7) is 0. The number of H-pyrrole nitrogens is 1. The Morgan fingerprint density at radius 1 is 1.17 bits per heavy atom. The Morgan fingerprint density at radius 3 is 2.87 bits per heavy atom. The van der Waals surface area contributed by atoms with Crippen LogP contribution in [-0.2, 0) is 5.75 Å². The van der Waals surface area contributed by atoms with Crippen LogP contribution in [0.25, 0.3) is 12.2 Å². The quantitative estimate of drug-likeness (QED) is 0.698. The van der Waals surface area contributed by atoms with Crippen LogP contribution in [0.1, 0.15) is 41.9 Å². The Morgan fingerprint density at radius 2 is 2.04 bits per heavy atom. The predicted molar refractivity (Wildman–Crippen MR) is 87.6 cm³/mol. The van der Waals surface area contributed by atoms with Crippen molar-refractivity contribution >= 4 is 23.9 Å². The number of nitrogens with zero attached hydrogens (tertiary/aromatic N) is 4. The zero-order valence-corrected chi connectivity index (χ0v) is 13.2. The summed E-state index contributed by atoms with van der Waals surface area (Å²) in [5, 5.41) is 15.9. The van der Waals surface area contributed by atoms with Crippen LogP contribution in [0.4, 0.5) is 0 Å². The van der Waals surface area contributed by atoms with Crippen LogP contribution in [0.3, 0.4) is 0 Å². The van der Waals surface area contributed by atoms with Gasteiger partial charge in [-0.2, -0.15) is 0 Å². The van der Waals surface area contributed by atoms with Gasteiger partial charge < -0.3 is 4.42 Å². The van der Waals surface area contributed by atoms with Crippen molar-refractivity contribution in [2.24, 2.45) is 0 Å². The molecule has 0 bridgehead atoms. The van der Waals surface area contributed by atoms with Gasteiger partial charge in [-0.3, -0.25) is 5.10 Å². The van der Waals surface area contributed by atoms with Gasteiger partial charge in [0.2, 0.25) is 16.9 Å². The standard InChI is InChI=1S/C16H15N5OS/c1-2-4-11(5-3-1)6-9-13-17-16(21-18-13)23-10-14-19-20-15(22-14)12-7-8-12/h1-6,9,12H,7-8,10H2,(H,17,18,21). The fourth-order valence-electron chi connectivity index (χ4n) is 2.08. The smallest absolute Gasteiger partial charge is 0.226 e. The van der Waals surface area contributed by atoms with Crippen molar-refractivity contribution in [2.45, 2.75) is 29.7 Å². The Balaban J connectivity index is 1.35. The first-order chi connectivity index (χ1) is 11.4. The number of aromatic nitrogens is 5. The Labute approximate surface area is 137 Å². The van der Waals surface area contributed by atoms with Crippen LogP contribution in [0, 0.1) is 0 Å². The molecule has 1 N–H and O–H groups in total. The second-order valence-electron chi connectivity index (χ2n) is 5.34. The van der Waals surface area contributed by atoms with Crippen molar-refractivity contribution in [3.63, 3.8) is 0 Å². The van der Waals surface area contributed by atoms with Gasteiger partial charge >= 0.3 is 0 Å². The van der Waals surface area contributed by atoms with Gasteiger partial charge in [-0.25, -0.2) is 4.98 Å². The van der Waals surface area contributed by atoms with Crippen LogP contribution in [-0.4, -0.2) is 25.4 Å². The zero-order valence-electron chi connectivity index (χ0n) is 12.3. The third-order valence-corrected chi connectivity index (χ3v) is 4.28. The maximum absolute atomic E-state index is 5.62. The first kappa shape index (κ1) is 14.2. The van der Waals surface area contributed by atoms with Crippen molar-refractivity contribution in [1.82, 2.24) is 25.4 Å². The van der Waals surface area contributed by atoms with Crippen molar-refractivity contribution < 1.29 is 4.42 Å². The molecule has 1 aliphatic carbocycles. The first-order valence-electron chi connectivity index (χ1n) is 7.47. The van der Waals surface area contributed by atoms with E-state index in [2.05, 4.69) is 25.4 Å². The summed E-state index contributed by atoms with van der Waals surface area (Å²) in [6.07, 6.45) is 6.22. The Bertz CT molecular complexity index is 807. The topological polar surface area (TPSA) is 80.5 Å². The first-order valence-corrected chi connectivity index (χ1v) is 8.46. The summed E-state index contributed by atoms with van der Waals surface area (Å²) in [4.78, 5) is 4.41. The number of nitrogens with one attached hydrogen (secondary N) is 1. The average molecular weight is 325 g/mol. The number of benzene rings is 1. The van der Waals surface area contributed by atoms with Crippen LogP contribution >= 0.6 is 11.8 Å². The summed E-state index contributed by atoms with van der Waals surface area (Å²) in [5.74, 6) is 3.18. The van der Waals surface area contributed by atoms with Crippen LogP contribution < -0.4 is 0 Å². The summed E-state index contributed by atoms with van der Waals surface area (Å²) >= 11 is 1.48. The minimum atomic E-state index is 0.486. The minimum Gasteiger partial charge on any atom is -0.424 e. The van der Waals surface area contributed by atoms with Gasteiger partial charge in [0.25, 0.3) is 0 Å². The SMILES string of the molecule is C(=Cc1nc(SCc2nnc(C3CC3)o2)n[nH]1)c1ccccc1. The summed E-state index contributed by atoms with van der Waals surface area (Å²) < 4.78 is 5.62. The van der Waals surface area contributed by atoms with E-state index in [4.69, 9.17) is 4.42 Å². The molecule has 6 nitrogen and oxygen atoms in total. The lowest BCUT2D eigenvalue weighted by Crippen LogP contribution is -1.82. The third kappa shape index (κ3) is 3.68. The second kappa shape index (κ2) is 6.37. The summed E-state index contributed by atoms with van der Waals surface area (Å²) in [7, 11) is 0. The normalized spacial score (nSPS) is 14.6. The van der Waals surface area contributed by atoms with Gasteiger partial charge in [-0.15, -0.1) is 15.3 Å². The van der Waals surface area contributed by atoms with Crippen molar-refractivity contribution in [2.75, 3.05) is 0 Å². The fraction of sp³-hybridized carbons (Fsp3) is 0.250. The lowest BCUT2D eigenvalue weighted by Gasteiger charge is -1.90. The molecule has 2 heterocycles. The molecule has 1 aromatic carbocycles. The minimum absolute atomic E-state index is 0.486. The zero-order chi connectivity index (χ0) is 15.5. The van der Waals surface area contributed by atoms with Crippen molar-refractivity contribution in [3.8, 4) is 0 Å². The highest BCUT2D eigenvalue weighted by Crippen LogP contribution is 2.39. The highest BCUT2D eigenvalue weighted by Gasteiger charge is 2.29. The monoisotopic (exact) mass is 325 g/mol. The lowest BCUT2D eigenvalue weighted by atomic mass is 10.2. The molecule has 23 heavy (non-hydrogen) atoms. The van der Waals surface area contributed by atoms with Crippen molar-refractivity contribution in [1.29, 1.82) is 0 Å². The maximum Gasteiger partial charge on any atom is 0.226 e. The van der Waals surface area contributed by atoms with Gasteiger partial charge in [0, 0.05) is 5.92 Å². The van der Waals surface area contributed by atoms with Gasteiger partial charge in [-0.05, 0) is 24.5 Å². The highest BCUT2D eigenvalue weighted by molar-refractivity contribution is 7.98. The Kier molecular flexibility index (Phi) is 3.94. The molecule has 0 atom stereocenters. The molecule has 1 saturated carbocycles. The van der Waals surface area contributed by atoms with Gasteiger partial charge in [-0.1, -0.05) is 48.2 Å². The number of thioether (sulfide) groups is 1. The van der Waals surface area contributed by atoms with E-state index in [-0.39, 0.29) is 0 Å². The maximum atomic E-state index is 5.62. The summed E-state index contributed by atoms with van der Waals surface area (Å²) in [6, 6.07) is 10.1. The lowest BCUT2D eigenvalue weighted by molar-refractivity contribution is 0.466. The number of aromatic amines is 1. The van der Waals surface area contributed by atoms with E-state index in [0.717, 1.165) is 30.1 Å². The number of hydrogen-bond acceptors (Lipinski definition) is 6. The summed E-state index contributed by atoms with van der Waals surface area (Å²) in [5.41, 5.74) is 1.12. The molecule has 1 aliphatic rings. The van der Waals surface area contributed by atoms with Crippen LogP contribution in [0.2, 0.25) is 0 Å². The molecule has 1 fully saturated rings. The van der Waals surface area contributed by atoms with Crippen molar-refractivity contribution in [3.05, 3.63) is 53.5 Å². The average Bonchev–Trinajstić information content (AvgIpc) is 3.16. The van der Waals surface area contributed by atoms with E-state index in [1.165, 1.54) is 11.8 Å². The molecule has 0 radical (unpaired) electrons. The van der Waals surface area contributed by atoms with E-state index in [1.54, 1.807) is 0 Å². The number of rotatable bonds is 6. The molecule has 3 aromatic rings. The molecule has 0 aliphatic heterocycles. The predicted octanol–water partition coefficient (Wildman–Crippen LogP) is 3.53. The largest absolute Gasteiger partial charge is 0.424 e. The Hall–Kier alpha value is -2.41. The molecule has 4 rings (SSSR count). The van der Waals surface area contributed by atoms with E-state index >= 15 is 0 Å². The van der Waals surface area contributed by atoms with E-state index in [0.29, 0.717) is 22.7 Å². The molecule has 116 valence electrons. The fourth-order valence-corrected chi connectivity index (χ4v) is 2.73. The van der Waals surface area contributed by atoms with Gasteiger partial charge in [0.05, 0.1) is 5.75 Å². The molecule has 2 aromatic heterocycles. The molecule has 0 saturated heterocycles. The molecular formula is C16H15N5OS.